The Morgan fingerprint density at radius 3 is 2.42 bits per heavy atom. The SMILES string of the molecule is CCCCNC(=O)[C@H](C)n1nnnc1[C@@H](O)[C@H](Cc1ccccc1)NC(=O)[C@H](CC(N)=O)NC(=O)c1ccc2ccccc2n1. The number of carbonyl (C=O) groups excluding carboxylic acids is 4. The van der Waals surface area contributed by atoms with Gasteiger partial charge in [-0.2, -0.15) is 0 Å². The van der Waals surface area contributed by atoms with Gasteiger partial charge in [0.2, 0.25) is 17.7 Å². The van der Waals surface area contributed by atoms with Gasteiger partial charge in [-0.3, -0.25) is 19.2 Å². The minimum Gasteiger partial charge on any atom is -0.383 e. The van der Waals surface area contributed by atoms with Crippen molar-refractivity contribution in [3.63, 3.8) is 0 Å². The number of pyridine rings is 1. The lowest BCUT2D eigenvalue weighted by atomic mass is 9.99. The van der Waals surface area contributed by atoms with Crippen molar-refractivity contribution >= 4 is 34.5 Å². The summed E-state index contributed by atoms with van der Waals surface area (Å²) in [5, 5.41) is 32.0. The Morgan fingerprint density at radius 1 is 0.956 bits per heavy atom. The second kappa shape index (κ2) is 15.5. The highest BCUT2D eigenvalue weighted by Crippen LogP contribution is 2.21. The molecule has 0 aliphatic heterocycles. The maximum absolute atomic E-state index is 13.6. The number of hydrogen-bond acceptors (Lipinski definition) is 9. The van der Waals surface area contributed by atoms with E-state index in [1.807, 2.05) is 37.3 Å². The molecule has 4 rings (SSSR count). The van der Waals surface area contributed by atoms with E-state index in [9.17, 15) is 24.3 Å². The van der Waals surface area contributed by atoms with E-state index in [4.69, 9.17) is 5.73 Å². The third kappa shape index (κ3) is 8.66. The summed E-state index contributed by atoms with van der Waals surface area (Å²) in [5.41, 5.74) is 6.82. The van der Waals surface area contributed by atoms with Crippen LogP contribution in [0.5, 0.6) is 0 Å². The number of aliphatic hydroxyl groups excluding tert-OH is 1. The van der Waals surface area contributed by atoms with E-state index in [0.717, 1.165) is 23.8 Å². The summed E-state index contributed by atoms with van der Waals surface area (Å²) in [6, 6.07) is 16.3. The van der Waals surface area contributed by atoms with Gasteiger partial charge in [-0.05, 0) is 47.9 Å². The van der Waals surface area contributed by atoms with Crippen molar-refractivity contribution in [2.75, 3.05) is 6.54 Å². The topological polar surface area (TPSA) is 207 Å². The van der Waals surface area contributed by atoms with Gasteiger partial charge in [-0.15, -0.1) is 5.10 Å². The molecule has 0 fully saturated rings. The molecule has 45 heavy (non-hydrogen) atoms. The normalized spacial score (nSPS) is 13.8. The molecule has 4 amide bonds. The maximum atomic E-state index is 13.6. The number of aliphatic hydroxyl groups is 1. The zero-order valence-electron chi connectivity index (χ0n) is 25.1. The average Bonchev–Trinajstić information content (AvgIpc) is 3.53. The van der Waals surface area contributed by atoms with Gasteiger partial charge < -0.3 is 26.8 Å². The number of tetrazole rings is 1. The molecule has 6 N–H and O–H groups in total. The zero-order chi connectivity index (χ0) is 32.3. The molecule has 2 heterocycles. The first-order valence-corrected chi connectivity index (χ1v) is 14.7. The van der Waals surface area contributed by atoms with E-state index >= 15 is 0 Å². The lowest BCUT2D eigenvalue weighted by Gasteiger charge is -2.27. The standard InChI is InChI=1S/C31H37N9O5/c1-3-4-16-33-29(43)19(2)40-28(37-38-39-40)27(42)24(17-20-10-6-5-7-11-20)35-31(45)25(18-26(32)41)36-30(44)23-15-14-21-12-8-9-13-22(21)34-23/h5-15,19,24-25,27,42H,3-4,16-18H2,1-2H3,(H2,32,41)(H,33,43)(H,35,45)(H,36,44)/t19-,24-,25-,27-/m0/s1. The first-order valence-electron chi connectivity index (χ1n) is 14.7. The van der Waals surface area contributed by atoms with Crippen LogP contribution in [0.15, 0.2) is 66.7 Å². The predicted octanol–water partition coefficient (Wildman–Crippen LogP) is 1.13. The number of para-hydroxylation sites is 1. The molecular formula is C31H37N9O5. The Labute approximate surface area is 259 Å². The number of unbranched alkanes of at least 4 members (excludes halogenated alkanes) is 1. The lowest BCUT2D eigenvalue weighted by Crippen LogP contribution is -2.53. The van der Waals surface area contributed by atoms with E-state index in [-0.39, 0.29) is 23.8 Å². The highest BCUT2D eigenvalue weighted by Gasteiger charge is 2.33. The highest BCUT2D eigenvalue weighted by molar-refractivity contribution is 5.99. The number of benzene rings is 2. The second-order valence-electron chi connectivity index (χ2n) is 10.6. The van der Waals surface area contributed by atoms with Crippen LogP contribution in [0.1, 0.15) is 67.1 Å². The number of hydrogen-bond donors (Lipinski definition) is 5. The third-order valence-corrected chi connectivity index (χ3v) is 7.22. The van der Waals surface area contributed by atoms with Crippen LogP contribution in [0.4, 0.5) is 0 Å². The molecule has 14 heteroatoms. The summed E-state index contributed by atoms with van der Waals surface area (Å²) in [5.74, 6) is -2.67. The minimum atomic E-state index is -1.48. The number of primary amides is 1. The van der Waals surface area contributed by atoms with Crippen molar-refractivity contribution in [3.05, 3.63) is 83.8 Å². The number of carbonyl (C=O) groups is 4. The predicted molar refractivity (Wildman–Crippen MR) is 164 cm³/mol. The van der Waals surface area contributed by atoms with Crippen LogP contribution < -0.4 is 21.7 Å². The fraction of sp³-hybridized carbons (Fsp3) is 0.355. The molecule has 0 radical (unpaired) electrons. The number of fused-ring (bicyclic) bond motifs is 1. The molecule has 4 atom stereocenters. The third-order valence-electron chi connectivity index (χ3n) is 7.22. The van der Waals surface area contributed by atoms with Crippen molar-refractivity contribution in [2.24, 2.45) is 5.73 Å². The van der Waals surface area contributed by atoms with Crippen LogP contribution in [-0.2, 0) is 20.8 Å². The Bertz CT molecular complexity index is 1630. The molecule has 14 nitrogen and oxygen atoms in total. The number of nitrogens with one attached hydrogen (secondary N) is 3. The average molecular weight is 616 g/mol. The van der Waals surface area contributed by atoms with Crippen molar-refractivity contribution in [1.29, 1.82) is 0 Å². The first-order chi connectivity index (χ1) is 21.7. The number of nitrogens with two attached hydrogens (primary N) is 1. The number of nitrogens with zero attached hydrogens (tertiary/aromatic N) is 5. The summed E-state index contributed by atoms with van der Waals surface area (Å²) in [7, 11) is 0. The first kappa shape index (κ1) is 32.7. The monoisotopic (exact) mass is 615 g/mol. The van der Waals surface area contributed by atoms with Crippen molar-refractivity contribution in [2.45, 2.75) is 63.8 Å². The van der Waals surface area contributed by atoms with Gasteiger partial charge in [-0.1, -0.05) is 67.9 Å². The lowest BCUT2D eigenvalue weighted by molar-refractivity contribution is -0.128. The van der Waals surface area contributed by atoms with Gasteiger partial charge in [0.05, 0.1) is 18.0 Å². The van der Waals surface area contributed by atoms with Gasteiger partial charge in [0.25, 0.3) is 5.91 Å². The number of rotatable bonds is 15. The fourth-order valence-corrected chi connectivity index (χ4v) is 4.73. The summed E-state index contributed by atoms with van der Waals surface area (Å²) >= 11 is 0. The van der Waals surface area contributed by atoms with Crippen LogP contribution >= 0.6 is 0 Å². The molecule has 2 aromatic heterocycles. The van der Waals surface area contributed by atoms with Crippen LogP contribution in [0.3, 0.4) is 0 Å². The molecule has 0 saturated carbocycles. The van der Waals surface area contributed by atoms with Crippen LogP contribution in [0.2, 0.25) is 0 Å². The fourth-order valence-electron chi connectivity index (χ4n) is 4.73. The Kier molecular flexibility index (Phi) is 11.2. The maximum Gasteiger partial charge on any atom is 0.270 e. The van der Waals surface area contributed by atoms with Gasteiger partial charge in [0.15, 0.2) is 5.82 Å². The molecule has 236 valence electrons. The summed E-state index contributed by atoms with van der Waals surface area (Å²) in [4.78, 5) is 55.8. The molecule has 2 aromatic carbocycles. The van der Waals surface area contributed by atoms with E-state index < -0.39 is 48.4 Å². The molecule has 0 aliphatic rings. The van der Waals surface area contributed by atoms with Crippen LogP contribution in [0.25, 0.3) is 10.9 Å². The van der Waals surface area contributed by atoms with Crippen molar-refractivity contribution < 1.29 is 24.3 Å². The molecule has 0 saturated heterocycles. The zero-order valence-corrected chi connectivity index (χ0v) is 25.1. The quantitative estimate of drug-likeness (QED) is 0.121. The Hall–Kier alpha value is -5.24. The van der Waals surface area contributed by atoms with Gasteiger partial charge in [0.1, 0.15) is 23.9 Å². The summed E-state index contributed by atoms with van der Waals surface area (Å²) in [6.45, 7) is 4.08. The Morgan fingerprint density at radius 2 is 1.69 bits per heavy atom. The molecule has 0 spiro atoms. The smallest absolute Gasteiger partial charge is 0.270 e. The van der Waals surface area contributed by atoms with Crippen LogP contribution in [0, 0.1) is 0 Å². The van der Waals surface area contributed by atoms with Gasteiger partial charge in [0, 0.05) is 11.9 Å². The van der Waals surface area contributed by atoms with Crippen LogP contribution in [-0.4, -0.2) is 72.6 Å². The molecule has 0 unspecified atom stereocenters. The van der Waals surface area contributed by atoms with E-state index in [2.05, 4.69) is 36.5 Å². The van der Waals surface area contributed by atoms with Gasteiger partial charge >= 0.3 is 0 Å². The summed E-state index contributed by atoms with van der Waals surface area (Å²) < 4.78 is 1.20. The minimum absolute atomic E-state index is 0.0437. The second-order valence-corrected chi connectivity index (χ2v) is 10.6. The summed E-state index contributed by atoms with van der Waals surface area (Å²) in [6.07, 6.45) is -0.163. The van der Waals surface area contributed by atoms with E-state index in [1.165, 1.54) is 10.7 Å². The van der Waals surface area contributed by atoms with E-state index in [1.54, 1.807) is 37.3 Å². The molecular weight excluding hydrogens is 578 g/mol. The van der Waals surface area contributed by atoms with Gasteiger partial charge in [-0.25, -0.2) is 9.67 Å². The number of amides is 4. The van der Waals surface area contributed by atoms with Crippen molar-refractivity contribution in [1.82, 2.24) is 41.1 Å². The van der Waals surface area contributed by atoms with Crippen molar-refractivity contribution in [3.8, 4) is 0 Å². The largest absolute Gasteiger partial charge is 0.383 e. The Balaban J connectivity index is 1.57. The number of aromatic nitrogens is 5. The molecule has 4 aromatic rings. The molecule has 0 aliphatic carbocycles. The highest BCUT2D eigenvalue weighted by atomic mass is 16.3. The van der Waals surface area contributed by atoms with E-state index in [0.29, 0.717) is 12.1 Å². The molecule has 0 bridgehead atoms.